The molecule has 2 rings (SSSR count). The summed E-state index contributed by atoms with van der Waals surface area (Å²) in [6.07, 6.45) is 0. The molecule has 0 fully saturated rings. The molecular formula is C15H13ClFNO2S. The van der Waals surface area contributed by atoms with Gasteiger partial charge >= 0.3 is 0 Å². The summed E-state index contributed by atoms with van der Waals surface area (Å²) in [7, 11) is 1.54. The maximum absolute atomic E-state index is 13.0. The first-order valence-electron chi connectivity index (χ1n) is 6.05. The van der Waals surface area contributed by atoms with Gasteiger partial charge in [-0.2, -0.15) is 0 Å². The second-order valence-corrected chi connectivity index (χ2v) is 5.13. The molecule has 0 saturated carbocycles. The predicted octanol–water partition coefficient (Wildman–Crippen LogP) is 3.70. The van der Waals surface area contributed by atoms with Gasteiger partial charge in [0.05, 0.1) is 12.1 Å². The summed E-state index contributed by atoms with van der Waals surface area (Å²) in [6.45, 7) is 0.197. The van der Waals surface area contributed by atoms with Gasteiger partial charge in [0, 0.05) is 17.2 Å². The monoisotopic (exact) mass is 325 g/mol. The van der Waals surface area contributed by atoms with Crippen molar-refractivity contribution in [2.45, 2.75) is 6.61 Å². The Morgan fingerprint density at radius 1 is 1.24 bits per heavy atom. The second kappa shape index (κ2) is 6.74. The van der Waals surface area contributed by atoms with Gasteiger partial charge in [0.15, 0.2) is 0 Å². The quantitative estimate of drug-likeness (QED) is 0.851. The molecule has 0 bridgehead atoms. The van der Waals surface area contributed by atoms with E-state index in [-0.39, 0.29) is 17.4 Å². The van der Waals surface area contributed by atoms with E-state index in [0.29, 0.717) is 27.6 Å². The number of thiocarbonyl (C=S) groups is 1. The molecule has 0 atom stereocenters. The van der Waals surface area contributed by atoms with E-state index >= 15 is 0 Å². The maximum Gasteiger partial charge on any atom is 0.124 e. The van der Waals surface area contributed by atoms with Crippen LogP contribution in [-0.4, -0.2) is 12.1 Å². The minimum absolute atomic E-state index is 0.197. The summed E-state index contributed by atoms with van der Waals surface area (Å²) in [5.74, 6) is 0.735. The third-order valence-electron chi connectivity index (χ3n) is 2.81. The first kappa shape index (κ1) is 15.5. The van der Waals surface area contributed by atoms with E-state index in [4.69, 9.17) is 39.0 Å². The zero-order valence-electron chi connectivity index (χ0n) is 11.2. The summed E-state index contributed by atoms with van der Waals surface area (Å²) in [5.41, 5.74) is 6.93. The second-order valence-electron chi connectivity index (χ2n) is 4.29. The van der Waals surface area contributed by atoms with Crippen molar-refractivity contribution in [2.24, 2.45) is 5.73 Å². The Balaban J connectivity index is 2.19. The molecule has 0 radical (unpaired) electrons. The van der Waals surface area contributed by atoms with E-state index in [1.807, 2.05) is 0 Å². The Kier molecular flexibility index (Phi) is 4.98. The molecule has 0 aliphatic heterocycles. The summed E-state index contributed by atoms with van der Waals surface area (Å²) in [4.78, 5) is 0.249. The number of benzene rings is 2. The Labute approximate surface area is 132 Å². The highest BCUT2D eigenvalue weighted by Gasteiger charge is 2.07. The van der Waals surface area contributed by atoms with Crippen molar-refractivity contribution >= 4 is 28.8 Å². The van der Waals surface area contributed by atoms with Crippen molar-refractivity contribution in [1.82, 2.24) is 0 Å². The normalized spacial score (nSPS) is 10.2. The van der Waals surface area contributed by atoms with E-state index in [1.54, 1.807) is 31.4 Å². The summed E-state index contributed by atoms with van der Waals surface area (Å²) < 4.78 is 23.8. The molecule has 0 aromatic heterocycles. The number of halogens is 2. The lowest BCUT2D eigenvalue weighted by atomic mass is 10.2. The first-order chi connectivity index (χ1) is 9.99. The number of rotatable bonds is 5. The van der Waals surface area contributed by atoms with Crippen molar-refractivity contribution in [3.63, 3.8) is 0 Å². The summed E-state index contributed by atoms with van der Waals surface area (Å²) in [6, 6.07) is 9.29. The third-order valence-corrected chi connectivity index (χ3v) is 3.40. The highest BCUT2D eigenvalue weighted by molar-refractivity contribution is 7.80. The SMILES string of the molecule is COc1cc(OCc2ccc(F)cc2Cl)cc(C(N)=S)c1. The number of ether oxygens (including phenoxy) is 2. The van der Waals surface area contributed by atoms with Crippen LogP contribution in [0.4, 0.5) is 4.39 Å². The lowest BCUT2D eigenvalue weighted by molar-refractivity contribution is 0.303. The smallest absolute Gasteiger partial charge is 0.124 e. The minimum atomic E-state index is -0.388. The fourth-order valence-electron chi connectivity index (χ4n) is 1.72. The molecule has 3 nitrogen and oxygen atoms in total. The Bertz CT molecular complexity index is 679. The molecular weight excluding hydrogens is 313 g/mol. The predicted molar refractivity (Wildman–Crippen MR) is 84.6 cm³/mol. The van der Waals surface area contributed by atoms with Crippen LogP contribution in [0, 0.1) is 5.82 Å². The largest absolute Gasteiger partial charge is 0.497 e. The number of nitrogens with two attached hydrogens (primary N) is 1. The molecule has 2 N–H and O–H groups in total. The van der Waals surface area contributed by atoms with E-state index < -0.39 is 0 Å². The van der Waals surface area contributed by atoms with Crippen LogP contribution >= 0.6 is 23.8 Å². The number of hydrogen-bond donors (Lipinski definition) is 1. The van der Waals surface area contributed by atoms with Gasteiger partial charge in [-0.3, -0.25) is 0 Å². The lowest BCUT2D eigenvalue weighted by Gasteiger charge is -2.11. The molecule has 0 aliphatic rings. The van der Waals surface area contributed by atoms with Crippen molar-refractivity contribution < 1.29 is 13.9 Å². The first-order valence-corrected chi connectivity index (χ1v) is 6.84. The van der Waals surface area contributed by atoms with Gasteiger partial charge in [0.1, 0.15) is 28.9 Å². The molecule has 2 aromatic rings. The molecule has 0 amide bonds. The average molecular weight is 326 g/mol. The topological polar surface area (TPSA) is 44.5 Å². The Hall–Kier alpha value is -1.85. The maximum atomic E-state index is 13.0. The van der Waals surface area contributed by atoms with Gasteiger partial charge in [0.2, 0.25) is 0 Å². The van der Waals surface area contributed by atoms with Gasteiger partial charge in [-0.05, 0) is 24.3 Å². The zero-order valence-corrected chi connectivity index (χ0v) is 12.8. The Morgan fingerprint density at radius 3 is 2.57 bits per heavy atom. The minimum Gasteiger partial charge on any atom is -0.497 e. The van der Waals surface area contributed by atoms with Crippen LogP contribution in [0.15, 0.2) is 36.4 Å². The van der Waals surface area contributed by atoms with Gasteiger partial charge in [-0.1, -0.05) is 29.9 Å². The summed E-state index contributed by atoms with van der Waals surface area (Å²) in [5, 5.41) is 0.312. The molecule has 6 heteroatoms. The molecule has 21 heavy (non-hydrogen) atoms. The summed E-state index contributed by atoms with van der Waals surface area (Å²) >= 11 is 10.9. The van der Waals surface area contributed by atoms with Crippen LogP contribution in [-0.2, 0) is 6.61 Å². The van der Waals surface area contributed by atoms with Crippen LogP contribution in [0.25, 0.3) is 0 Å². The van der Waals surface area contributed by atoms with Gasteiger partial charge < -0.3 is 15.2 Å². The molecule has 0 saturated heterocycles. The van der Waals surface area contributed by atoms with Gasteiger partial charge in [-0.15, -0.1) is 0 Å². The van der Waals surface area contributed by atoms with Crippen LogP contribution in [0.2, 0.25) is 5.02 Å². The zero-order chi connectivity index (χ0) is 15.4. The van der Waals surface area contributed by atoms with Gasteiger partial charge in [-0.25, -0.2) is 4.39 Å². The van der Waals surface area contributed by atoms with Crippen LogP contribution in [0.1, 0.15) is 11.1 Å². The number of hydrogen-bond acceptors (Lipinski definition) is 3. The van der Waals surface area contributed by atoms with E-state index in [1.165, 1.54) is 12.1 Å². The van der Waals surface area contributed by atoms with Gasteiger partial charge in [0.25, 0.3) is 0 Å². The molecule has 0 unspecified atom stereocenters. The van der Waals surface area contributed by atoms with Crippen molar-refractivity contribution in [2.75, 3.05) is 7.11 Å². The molecule has 0 heterocycles. The highest BCUT2D eigenvalue weighted by atomic mass is 35.5. The van der Waals surface area contributed by atoms with E-state index in [9.17, 15) is 4.39 Å². The highest BCUT2D eigenvalue weighted by Crippen LogP contribution is 2.25. The molecule has 0 aliphatic carbocycles. The standard InChI is InChI=1S/C15H13ClFNO2S/c1-19-12-4-10(15(18)21)5-13(7-12)20-8-9-2-3-11(17)6-14(9)16/h2-7H,8H2,1H3,(H2,18,21). The fraction of sp³-hybridized carbons (Fsp3) is 0.133. The average Bonchev–Trinajstić information content (AvgIpc) is 2.46. The Morgan fingerprint density at radius 2 is 1.95 bits per heavy atom. The van der Waals surface area contributed by atoms with Crippen molar-refractivity contribution in [3.8, 4) is 11.5 Å². The van der Waals surface area contributed by atoms with Crippen LogP contribution in [0.3, 0.4) is 0 Å². The van der Waals surface area contributed by atoms with Crippen molar-refractivity contribution in [1.29, 1.82) is 0 Å². The van der Waals surface area contributed by atoms with Crippen LogP contribution in [0.5, 0.6) is 11.5 Å². The molecule has 2 aromatic carbocycles. The lowest BCUT2D eigenvalue weighted by Crippen LogP contribution is -2.10. The van der Waals surface area contributed by atoms with Crippen LogP contribution < -0.4 is 15.2 Å². The van der Waals surface area contributed by atoms with E-state index in [2.05, 4.69) is 0 Å². The molecule has 0 spiro atoms. The number of methoxy groups -OCH3 is 1. The fourth-order valence-corrected chi connectivity index (χ4v) is 2.05. The van der Waals surface area contributed by atoms with Crippen molar-refractivity contribution in [3.05, 3.63) is 58.4 Å². The molecule has 110 valence electrons. The third kappa shape index (κ3) is 4.06. The van der Waals surface area contributed by atoms with E-state index in [0.717, 1.165) is 0 Å².